The maximum atomic E-state index is 11.4. The number of hydrogen-bond donors (Lipinski definition) is 5. The number of halogens is 2. The maximum Gasteiger partial charge on any atom is 0.335 e. The quantitative estimate of drug-likeness (QED) is 0.389. The van der Waals surface area contributed by atoms with Gasteiger partial charge in [0.2, 0.25) is 18.4 Å². The summed E-state index contributed by atoms with van der Waals surface area (Å²) in [5.41, 5.74) is -0.335. The first-order valence-corrected chi connectivity index (χ1v) is 10.1. The van der Waals surface area contributed by atoms with E-state index in [-0.39, 0.29) is 32.6 Å². The van der Waals surface area contributed by atoms with Gasteiger partial charge in [-0.25, -0.2) is 14.8 Å². The molecule has 1 unspecified atom stereocenters. The summed E-state index contributed by atoms with van der Waals surface area (Å²) in [5, 5.41) is 50.1. The number of nitrogens with zero attached hydrogens (tertiary/aromatic N) is 2. The van der Waals surface area contributed by atoms with Crippen LogP contribution in [0.25, 0.3) is 0 Å². The minimum atomic E-state index is -1.99. The smallest absolute Gasteiger partial charge is 0.335 e. The van der Waals surface area contributed by atoms with Crippen molar-refractivity contribution in [3.05, 3.63) is 63.5 Å². The molecule has 2 heterocycles. The van der Waals surface area contributed by atoms with Crippen LogP contribution in [0.3, 0.4) is 0 Å². The minimum Gasteiger partial charge on any atom is -0.479 e. The third kappa shape index (κ3) is 4.59. The highest BCUT2D eigenvalue weighted by molar-refractivity contribution is 6.36. The number of rotatable bonds is 3. The van der Waals surface area contributed by atoms with Crippen molar-refractivity contribution < 1.29 is 45.3 Å². The van der Waals surface area contributed by atoms with E-state index in [0.29, 0.717) is 0 Å². The second kappa shape index (κ2) is 9.35. The zero-order chi connectivity index (χ0) is 27.3. The Kier molecular flexibility index (Phi) is 5.33. The first kappa shape index (κ1) is 18.8. The normalized spacial score (nSPS) is 31.1. The van der Waals surface area contributed by atoms with Gasteiger partial charge in [-0.05, 0) is 24.2 Å². The molecule has 0 spiro atoms. The molecule has 10 nitrogen and oxygen atoms in total. The Labute approximate surface area is 202 Å². The second-order valence-corrected chi connectivity index (χ2v) is 7.82. The van der Waals surface area contributed by atoms with Gasteiger partial charge in [0.05, 0.1) is 16.9 Å². The fourth-order valence-electron chi connectivity index (χ4n) is 3.23. The summed E-state index contributed by atoms with van der Waals surface area (Å²) in [6, 6.07) is 1.86. The molecule has 0 aliphatic carbocycles. The number of carbonyl (C=O) groups is 1. The first-order valence-electron chi connectivity index (χ1n) is 11.3. The van der Waals surface area contributed by atoms with Gasteiger partial charge in [0, 0.05) is 21.2 Å². The first-order chi connectivity index (χ1) is 17.3. The maximum absolute atomic E-state index is 11.4. The lowest BCUT2D eigenvalue weighted by Gasteiger charge is -2.38. The summed E-state index contributed by atoms with van der Waals surface area (Å²) in [6.07, 6.45) is -11.8. The summed E-state index contributed by atoms with van der Waals surface area (Å²) in [5.74, 6) is -2.28. The van der Waals surface area contributed by atoms with Crippen molar-refractivity contribution in [3.8, 4) is 0 Å². The van der Waals surface area contributed by atoms with Crippen LogP contribution in [0.2, 0.25) is 10.0 Å². The van der Waals surface area contributed by atoms with E-state index in [2.05, 4.69) is 9.98 Å². The highest BCUT2D eigenvalue weighted by atomic mass is 35.5. The molecule has 6 atom stereocenters. The van der Waals surface area contributed by atoms with Crippen LogP contribution in [-0.2, 0) is 14.3 Å². The molecule has 0 aromatic heterocycles. The van der Waals surface area contributed by atoms with Crippen molar-refractivity contribution in [2.45, 2.75) is 36.9 Å². The number of aliphatic carboxylic acids is 1. The van der Waals surface area contributed by atoms with Gasteiger partial charge in [0.1, 0.15) is 18.3 Å². The summed E-state index contributed by atoms with van der Waals surface area (Å²) in [7, 11) is 0. The fraction of sp³-hybridized carbons (Fsp3) is 0.286. The van der Waals surface area contributed by atoms with Crippen LogP contribution in [0, 0.1) is 0 Å². The number of carboxylic acid groups (broad SMARTS) is 1. The Balaban J connectivity index is 1.83. The fourth-order valence-corrected chi connectivity index (χ4v) is 3.59. The summed E-state index contributed by atoms with van der Waals surface area (Å²) >= 11 is 12.4. The van der Waals surface area contributed by atoms with E-state index < -0.39 is 73.0 Å². The number of carboxylic acids is 1. The molecule has 2 aromatic carbocycles. The number of ether oxygens (including phenoxy) is 2. The van der Waals surface area contributed by atoms with Crippen LogP contribution in [0.4, 0.5) is 5.69 Å². The van der Waals surface area contributed by atoms with Crippen molar-refractivity contribution in [1.82, 2.24) is 0 Å². The van der Waals surface area contributed by atoms with Gasteiger partial charge < -0.3 is 35.0 Å². The standard InChI is InChI=1S/C21H18Cl2N2O8/c22-8-5-6-12-10(7-8)13(9-3-1-2-4-11(9)23)25-18(29)19(24-12)33-21-16(28)14(26)15(27)17(32-21)20(30)31/h1-7,14-18,21,26-29H,(H,30,31)/t14-,15-,16+,17-,18?,21-/m0/s1/i1D,2D,3D,4D,18+1,19+1. The zero-order valence-electron chi connectivity index (χ0n) is 20.3. The van der Waals surface area contributed by atoms with Crippen molar-refractivity contribution in [3.63, 3.8) is 0 Å². The van der Waals surface area contributed by atoms with Crippen LogP contribution >= 0.6 is 23.2 Å². The average Bonchev–Trinajstić information content (AvgIpc) is 2.98. The van der Waals surface area contributed by atoms with Gasteiger partial charge in [-0.2, -0.15) is 0 Å². The third-order valence-corrected chi connectivity index (χ3v) is 5.36. The topological polar surface area (TPSA) is 161 Å². The lowest BCUT2D eigenvalue weighted by atomic mass is 9.99. The number of aliphatic hydroxyl groups excluding tert-OH is 4. The van der Waals surface area contributed by atoms with Crippen molar-refractivity contribution >= 4 is 46.5 Å². The van der Waals surface area contributed by atoms with Crippen LogP contribution in [0.5, 0.6) is 0 Å². The molecule has 1 saturated heterocycles. The number of fused-ring (bicyclic) bond motifs is 1. The molecule has 174 valence electrons. The lowest BCUT2D eigenvalue weighted by molar-refractivity contribution is -0.275. The highest BCUT2D eigenvalue weighted by Crippen LogP contribution is 2.32. The molecule has 12 heteroatoms. The van der Waals surface area contributed by atoms with Crippen molar-refractivity contribution in [2.24, 2.45) is 9.98 Å². The SMILES string of the molecule is [2H]c1c([2H])c([2H])c(C2=N[13CH](O)[13C](O[C@@H]3O[C@H](C(=O)O)[C@@H](O)[C@H](O)[C@H]3O)=Nc3ccc(Cl)cc32)c(Cl)c1[2H]. The van der Waals surface area contributed by atoms with Gasteiger partial charge in [-0.15, -0.1) is 0 Å². The van der Waals surface area contributed by atoms with Gasteiger partial charge in [0.25, 0.3) is 0 Å². The van der Waals surface area contributed by atoms with E-state index in [0.717, 1.165) is 0 Å². The van der Waals surface area contributed by atoms with E-state index in [1.165, 1.54) is 18.2 Å². The molecular weight excluding hydrogens is 481 g/mol. The summed E-state index contributed by atoms with van der Waals surface area (Å²) in [4.78, 5) is 19.6. The number of benzene rings is 2. The monoisotopic (exact) mass is 502 g/mol. The predicted molar refractivity (Wildman–Crippen MR) is 117 cm³/mol. The van der Waals surface area contributed by atoms with Crippen LogP contribution in [0.1, 0.15) is 16.6 Å². The highest BCUT2D eigenvalue weighted by Gasteiger charge is 2.48. The van der Waals surface area contributed by atoms with Gasteiger partial charge >= 0.3 is 5.97 Å². The molecule has 0 saturated carbocycles. The van der Waals surface area contributed by atoms with E-state index in [1.54, 1.807) is 0 Å². The number of aliphatic imine (C=N–C) groups is 2. The lowest BCUT2D eigenvalue weighted by Crippen LogP contribution is -2.60. The van der Waals surface area contributed by atoms with Crippen LogP contribution < -0.4 is 0 Å². The van der Waals surface area contributed by atoms with Gasteiger partial charge in [-0.3, -0.25) is 0 Å². The number of hydrogen-bond acceptors (Lipinski definition) is 9. The minimum absolute atomic E-state index is 0.0406. The predicted octanol–water partition coefficient (Wildman–Crippen LogP) is 1.10. The Bertz CT molecular complexity index is 1320. The van der Waals surface area contributed by atoms with E-state index in [9.17, 15) is 30.3 Å². The Morgan fingerprint density at radius 3 is 2.52 bits per heavy atom. The van der Waals surface area contributed by atoms with Crippen molar-refractivity contribution in [1.29, 1.82) is 0 Å². The molecule has 2 aliphatic heterocycles. The molecule has 1 fully saturated rings. The molecule has 0 bridgehead atoms. The largest absolute Gasteiger partial charge is 0.479 e. The van der Waals surface area contributed by atoms with Crippen LogP contribution in [0.15, 0.2) is 52.4 Å². The zero-order valence-corrected chi connectivity index (χ0v) is 17.8. The average molecular weight is 503 g/mol. The van der Waals surface area contributed by atoms with E-state index in [4.69, 9.17) is 38.2 Å². The molecule has 4 rings (SSSR count). The Morgan fingerprint density at radius 1 is 1.06 bits per heavy atom. The van der Waals surface area contributed by atoms with Crippen LogP contribution in [-0.4, -0.2) is 80.0 Å². The van der Waals surface area contributed by atoms with E-state index >= 15 is 0 Å². The third-order valence-electron chi connectivity index (χ3n) is 4.85. The summed E-state index contributed by atoms with van der Waals surface area (Å²) in [6.45, 7) is 0. The van der Waals surface area contributed by atoms with Gasteiger partial charge in [0.15, 0.2) is 6.10 Å². The van der Waals surface area contributed by atoms with E-state index in [1.807, 2.05) is 0 Å². The molecule has 33 heavy (non-hydrogen) atoms. The molecule has 5 N–H and O–H groups in total. The Morgan fingerprint density at radius 2 is 1.79 bits per heavy atom. The second-order valence-electron chi connectivity index (χ2n) is 7.00. The summed E-state index contributed by atoms with van der Waals surface area (Å²) < 4.78 is 42.7. The van der Waals surface area contributed by atoms with Crippen molar-refractivity contribution in [2.75, 3.05) is 0 Å². The Hall–Kier alpha value is -2.57. The molecule has 2 aromatic rings. The molecule has 2 aliphatic rings. The number of aliphatic hydroxyl groups is 4. The molecule has 0 radical (unpaired) electrons. The molecule has 0 amide bonds. The molecular formula is C21H18Cl2N2O8. The van der Waals surface area contributed by atoms with Gasteiger partial charge in [-0.1, -0.05) is 41.3 Å².